The zero-order valence-electron chi connectivity index (χ0n) is 10.2. The van der Waals surface area contributed by atoms with Crippen molar-refractivity contribution >= 4 is 21.8 Å². The summed E-state index contributed by atoms with van der Waals surface area (Å²) in [5.74, 6) is 0.970. The second-order valence-corrected chi connectivity index (χ2v) is 5.93. The van der Waals surface area contributed by atoms with Crippen LogP contribution in [0.15, 0.2) is 10.5 Å². The molecule has 17 heavy (non-hydrogen) atoms. The van der Waals surface area contributed by atoms with Gasteiger partial charge in [0.05, 0.1) is 4.70 Å². The SMILES string of the molecule is Cc1cc2snc(C3(CN)CCCCC3)c2o1. The monoisotopic (exact) mass is 250 g/mol. The van der Waals surface area contributed by atoms with Crippen molar-refractivity contribution in [1.29, 1.82) is 0 Å². The van der Waals surface area contributed by atoms with Gasteiger partial charge in [-0.3, -0.25) is 0 Å². The van der Waals surface area contributed by atoms with Gasteiger partial charge in [0, 0.05) is 12.0 Å². The van der Waals surface area contributed by atoms with E-state index in [1.807, 2.05) is 6.92 Å². The lowest BCUT2D eigenvalue weighted by Gasteiger charge is -2.34. The lowest BCUT2D eigenvalue weighted by Crippen LogP contribution is -2.37. The minimum atomic E-state index is 0.0702. The second-order valence-electron chi connectivity index (χ2n) is 5.13. The summed E-state index contributed by atoms with van der Waals surface area (Å²) in [6.45, 7) is 2.68. The molecule has 0 atom stereocenters. The highest BCUT2D eigenvalue weighted by molar-refractivity contribution is 7.13. The summed E-state index contributed by atoms with van der Waals surface area (Å²) in [5, 5.41) is 0. The fraction of sp³-hybridized carbons (Fsp3) is 0.615. The lowest BCUT2D eigenvalue weighted by atomic mass is 9.71. The van der Waals surface area contributed by atoms with E-state index in [-0.39, 0.29) is 5.41 Å². The zero-order chi connectivity index (χ0) is 11.9. The van der Waals surface area contributed by atoms with Gasteiger partial charge in [-0.2, -0.15) is 4.37 Å². The molecule has 3 nitrogen and oxygen atoms in total. The minimum Gasteiger partial charge on any atom is -0.458 e. The number of nitrogens with two attached hydrogens (primary N) is 1. The molecule has 2 heterocycles. The predicted octanol–water partition coefficient (Wildman–Crippen LogP) is 3.36. The van der Waals surface area contributed by atoms with Crippen molar-refractivity contribution in [2.24, 2.45) is 5.73 Å². The summed E-state index contributed by atoms with van der Waals surface area (Å²) >= 11 is 1.54. The Morgan fingerprint density at radius 2 is 2.18 bits per heavy atom. The Kier molecular flexibility index (Phi) is 2.71. The first kappa shape index (κ1) is 11.2. The summed E-state index contributed by atoms with van der Waals surface area (Å²) < 4.78 is 11.6. The Balaban J connectivity index is 2.11. The molecule has 0 saturated heterocycles. The van der Waals surface area contributed by atoms with Crippen molar-refractivity contribution in [3.05, 3.63) is 17.5 Å². The Morgan fingerprint density at radius 1 is 1.41 bits per heavy atom. The van der Waals surface area contributed by atoms with Crippen molar-refractivity contribution in [3.8, 4) is 0 Å². The first-order chi connectivity index (χ1) is 8.25. The molecule has 3 rings (SSSR count). The van der Waals surface area contributed by atoms with E-state index in [2.05, 4.69) is 10.4 Å². The molecule has 0 unspecified atom stereocenters. The number of hydrogen-bond acceptors (Lipinski definition) is 4. The van der Waals surface area contributed by atoms with Gasteiger partial charge < -0.3 is 10.2 Å². The standard InChI is InChI=1S/C13H18N2OS/c1-9-7-10-11(16-9)12(15-17-10)13(8-14)5-3-2-4-6-13/h7H,2-6,8,14H2,1H3. The molecule has 0 bridgehead atoms. The molecular weight excluding hydrogens is 232 g/mol. The summed E-state index contributed by atoms with van der Waals surface area (Å²) in [7, 11) is 0. The van der Waals surface area contributed by atoms with Crippen LogP contribution in [0.5, 0.6) is 0 Å². The van der Waals surface area contributed by atoms with Crippen molar-refractivity contribution < 1.29 is 4.42 Å². The summed E-state index contributed by atoms with van der Waals surface area (Å²) in [6.07, 6.45) is 6.15. The van der Waals surface area contributed by atoms with Crippen LogP contribution in [0.4, 0.5) is 0 Å². The number of hydrogen-bond donors (Lipinski definition) is 1. The van der Waals surface area contributed by atoms with Crippen LogP contribution in [0.1, 0.15) is 43.6 Å². The topological polar surface area (TPSA) is 52.0 Å². The first-order valence-corrected chi connectivity index (χ1v) is 7.09. The van der Waals surface area contributed by atoms with Crippen molar-refractivity contribution in [3.63, 3.8) is 0 Å². The molecule has 0 spiro atoms. The number of aromatic nitrogens is 1. The maximum Gasteiger partial charge on any atom is 0.168 e. The van der Waals surface area contributed by atoms with Gasteiger partial charge in [-0.15, -0.1) is 0 Å². The molecule has 0 radical (unpaired) electrons. The molecule has 0 amide bonds. The zero-order valence-corrected chi connectivity index (χ0v) is 11.0. The van der Waals surface area contributed by atoms with E-state index in [4.69, 9.17) is 10.2 Å². The predicted molar refractivity (Wildman–Crippen MR) is 70.4 cm³/mol. The van der Waals surface area contributed by atoms with E-state index >= 15 is 0 Å². The highest BCUT2D eigenvalue weighted by atomic mass is 32.1. The molecule has 4 heteroatoms. The number of aryl methyl sites for hydroxylation is 1. The van der Waals surface area contributed by atoms with Gasteiger partial charge in [-0.25, -0.2) is 0 Å². The highest BCUT2D eigenvalue weighted by Crippen LogP contribution is 2.42. The van der Waals surface area contributed by atoms with Crippen LogP contribution in [0.2, 0.25) is 0 Å². The van der Waals surface area contributed by atoms with E-state index in [1.54, 1.807) is 11.5 Å². The molecule has 2 aromatic heterocycles. The smallest absolute Gasteiger partial charge is 0.168 e. The normalized spacial score (nSPS) is 19.9. The van der Waals surface area contributed by atoms with Crippen molar-refractivity contribution in [2.75, 3.05) is 6.54 Å². The Morgan fingerprint density at radius 3 is 2.88 bits per heavy atom. The molecule has 2 aromatic rings. The molecule has 92 valence electrons. The van der Waals surface area contributed by atoms with Gasteiger partial charge in [-0.1, -0.05) is 19.3 Å². The van der Waals surface area contributed by atoms with Gasteiger partial charge in [0.2, 0.25) is 0 Å². The van der Waals surface area contributed by atoms with E-state index < -0.39 is 0 Å². The van der Waals surface area contributed by atoms with Crippen molar-refractivity contribution in [1.82, 2.24) is 4.37 Å². The minimum absolute atomic E-state index is 0.0702. The lowest BCUT2D eigenvalue weighted by molar-refractivity contribution is 0.295. The van der Waals surface area contributed by atoms with E-state index in [1.165, 1.54) is 19.3 Å². The third kappa shape index (κ3) is 1.70. The molecule has 1 fully saturated rings. The average Bonchev–Trinajstić information content (AvgIpc) is 2.88. The summed E-state index contributed by atoms with van der Waals surface area (Å²) in [4.78, 5) is 0. The van der Waals surface area contributed by atoms with E-state index in [0.717, 1.165) is 34.6 Å². The molecule has 0 aliphatic heterocycles. The fourth-order valence-electron chi connectivity index (χ4n) is 2.96. The Labute approximate surface area is 105 Å². The number of furan rings is 1. The van der Waals surface area contributed by atoms with Crippen LogP contribution in [0.25, 0.3) is 10.3 Å². The summed E-state index contributed by atoms with van der Waals surface area (Å²) in [6, 6.07) is 2.07. The van der Waals surface area contributed by atoms with Crippen LogP contribution < -0.4 is 5.73 Å². The Hall–Kier alpha value is -0.870. The highest BCUT2D eigenvalue weighted by Gasteiger charge is 2.37. The van der Waals surface area contributed by atoms with Crippen LogP contribution in [-0.2, 0) is 5.41 Å². The molecular formula is C13H18N2OS. The summed E-state index contributed by atoms with van der Waals surface area (Å²) in [5.41, 5.74) is 8.22. The van der Waals surface area contributed by atoms with E-state index in [0.29, 0.717) is 6.54 Å². The maximum atomic E-state index is 6.05. The van der Waals surface area contributed by atoms with Crippen LogP contribution in [-0.4, -0.2) is 10.9 Å². The number of nitrogens with zero attached hydrogens (tertiary/aromatic N) is 1. The molecule has 0 aromatic carbocycles. The fourth-order valence-corrected chi connectivity index (χ4v) is 3.87. The van der Waals surface area contributed by atoms with Gasteiger partial charge in [0.1, 0.15) is 11.5 Å². The van der Waals surface area contributed by atoms with E-state index in [9.17, 15) is 0 Å². The molecule has 2 N–H and O–H groups in total. The van der Waals surface area contributed by atoms with Gasteiger partial charge in [0.15, 0.2) is 5.58 Å². The molecule has 1 saturated carbocycles. The van der Waals surface area contributed by atoms with Gasteiger partial charge in [0.25, 0.3) is 0 Å². The Bertz CT molecular complexity index is 522. The first-order valence-electron chi connectivity index (χ1n) is 6.31. The third-order valence-electron chi connectivity index (χ3n) is 3.98. The largest absolute Gasteiger partial charge is 0.458 e. The average molecular weight is 250 g/mol. The quantitative estimate of drug-likeness (QED) is 0.889. The number of rotatable bonds is 2. The van der Waals surface area contributed by atoms with Crippen LogP contribution in [0, 0.1) is 6.92 Å². The van der Waals surface area contributed by atoms with Crippen molar-refractivity contribution in [2.45, 2.75) is 44.4 Å². The van der Waals surface area contributed by atoms with Crippen LogP contribution >= 0.6 is 11.5 Å². The van der Waals surface area contributed by atoms with Gasteiger partial charge >= 0.3 is 0 Å². The third-order valence-corrected chi connectivity index (χ3v) is 4.75. The number of fused-ring (bicyclic) bond motifs is 1. The maximum absolute atomic E-state index is 6.05. The molecule has 1 aliphatic carbocycles. The van der Waals surface area contributed by atoms with Crippen LogP contribution in [0.3, 0.4) is 0 Å². The second kappa shape index (κ2) is 4.10. The van der Waals surface area contributed by atoms with Gasteiger partial charge in [-0.05, 0) is 37.4 Å². The molecule has 1 aliphatic rings.